The van der Waals surface area contributed by atoms with Crippen molar-refractivity contribution in [1.29, 1.82) is 0 Å². The minimum Gasteiger partial charge on any atom is -0.370 e. The molecule has 0 radical (unpaired) electrons. The summed E-state index contributed by atoms with van der Waals surface area (Å²) >= 11 is 0. The summed E-state index contributed by atoms with van der Waals surface area (Å²) in [5.41, 5.74) is 6.20. The SMILES string of the molecule is Cc1ccccc1-c1nn(-c2cc([N+](=O)[O-])ccc2C)c2c1CCCCN2. The third kappa shape index (κ3) is 3.07. The van der Waals surface area contributed by atoms with Crippen LogP contribution in [0.5, 0.6) is 0 Å². The van der Waals surface area contributed by atoms with E-state index >= 15 is 0 Å². The largest absolute Gasteiger partial charge is 0.370 e. The maximum atomic E-state index is 11.3. The van der Waals surface area contributed by atoms with Crippen LogP contribution >= 0.6 is 0 Å². The van der Waals surface area contributed by atoms with Crippen LogP contribution in [-0.4, -0.2) is 21.2 Å². The number of nitro groups is 1. The van der Waals surface area contributed by atoms with Crippen molar-refractivity contribution in [2.75, 3.05) is 11.9 Å². The van der Waals surface area contributed by atoms with Crippen LogP contribution in [0.2, 0.25) is 0 Å². The Hall–Kier alpha value is -3.15. The van der Waals surface area contributed by atoms with Crippen molar-refractivity contribution in [2.24, 2.45) is 0 Å². The van der Waals surface area contributed by atoms with E-state index in [2.05, 4.69) is 24.4 Å². The molecule has 0 atom stereocenters. The molecule has 6 nitrogen and oxygen atoms in total. The summed E-state index contributed by atoms with van der Waals surface area (Å²) in [6.07, 6.45) is 3.13. The van der Waals surface area contributed by atoms with Crippen molar-refractivity contribution >= 4 is 11.5 Å². The fourth-order valence-corrected chi connectivity index (χ4v) is 3.67. The van der Waals surface area contributed by atoms with Gasteiger partial charge in [-0.1, -0.05) is 30.3 Å². The second-order valence-electron chi connectivity index (χ2n) is 7.01. The van der Waals surface area contributed by atoms with Gasteiger partial charge in [-0.25, -0.2) is 4.68 Å². The highest BCUT2D eigenvalue weighted by Gasteiger charge is 2.24. The number of nitrogens with one attached hydrogen (secondary N) is 1. The molecule has 1 aliphatic rings. The molecule has 3 aromatic rings. The Morgan fingerprint density at radius 2 is 1.93 bits per heavy atom. The number of nitrogens with zero attached hydrogens (tertiary/aromatic N) is 3. The molecule has 27 heavy (non-hydrogen) atoms. The van der Waals surface area contributed by atoms with Crippen LogP contribution < -0.4 is 5.32 Å². The molecule has 2 aromatic carbocycles. The average molecular weight is 362 g/mol. The predicted octanol–water partition coefficient (Wildman–Crippen LogP) is 4.81. The van der Waals surface area contributed by atoms with Gasteiger partial charge >= 0.3 is 0 Å². The molecule has 6 heteroatoms. The molecule has 0 bridgehead atoms. The normalized spacial score (nSPS) is 13.6. The Morgan fingerprint density at radius 1 is 1.11 bits per heavy atom. The smallest absolute Gasteiger partial charge is 0.271 e. The molecule has 138 valence electrons. The van der Waals surface area contributed by atoms with Crippen LogP contribution in [0.15, 0.2) is 42.5 Å². The summed E-state index contributed by atoms with van der Waals surface area (Å²) in [5.74, 6) is 0.953. The molecule has 1 aromatic heterocycles. The lowest BCUT2D eigenvalue weighted by molar-refractivity contribution is -0.384. The topological polar surface area (TPSA) is 73.0 Å². The molecule has 0 fully saturated rings. The third-order valence-electron chi connectivity index (χ3n) is 5.16. The highest BCUT2D eigenvalue weighted by atomic mass is 16.6. The Labute approximate surface area is 158 Å². The molecule has 1 N–H and O–H groups in total. The third-order valence-corrected chi connectivity index (χ3v) is 5.16. The molecular weight excluding hydrogens is 340 g/mol. The highest BCUT2D eigenvalue weighted by Crippen LogP contribution is 2.36. The first kappa shape index (κ1) is 17.3. The molecule has 4 rings (SSSR count). The van der Waals surface area contributed by atoms with Gasteiger partial charge in [-0.3, -0.25) is 10.1 Å². The number of fused-ring (bicyclic) bond motifs is 1. The molecular formula is C21H22N4O2. The summed E-state index contributed by atoms with van der Waals surface area (Å²) in [5, 5.41) is 19.7. The Balaban J connectivity index is 1.96. The summed E-state index contributed by atoms with van der Waals surface area (Å²) in [6.45, 7) is 4.92. The first-order chi connectivity index (χ1) is 13.1. The van der Waals surface area contributed by atoms with Gasteiger partial charge in [0.05, 0.1) is 16.3 Å². The Kier molecular flexibility index (Phi) is 4.39. The van der Waals surface area contributed by atoms with E-state index < -0.39 is 0 Å². The Bertz CT molecular complexity index is 1020. The molecule has 0 saturated heterocycles. The number of rotatable bonds is 3. The van der Waals surface area contributed by atoms with Crippen LogP contribution in [0.1, 0.15) is 29.5 Å². The van der Waals surface area contributed by atoms with Crippen LogP contribution in [0, 0.1) is 24.0 Å². The lowest BCUT2D eigenvalue weighted by atomic mass is 10.00. The molecule has 0 saturated carbocycles. The lowest BCUT2D eigenvalue weighted by Gasteiger charge is -2.11. The minimum absolute atomic E-state index is 0.0749. The van der Waals surface area contributed by atoms with Crippen molar-refractivity contribution in [2.45, 2.75) is 33.1 Å². The van der Waals surface area contributed by atoms with E-state index in [9.17, 15) is 10.1 Å². The monoisotopic (exact) mass is 362 g/mol. The van der Waals surface area contributed by atoms with Gasteiger partial charge in [0.15, 0.2) is 0 Å². The van der Waals surface area contributed by atoms with E-state index in [4.69, 9.17) is 5.10 Å². The van der Waals surface area contributed by atoms with Gasteiger partial charge in [-0.2, -0.15) is 5.10 Å². The summed E-state index contributed by atoms with van der Waals surface area (Å²) in [6, 6.07) is 13.2. The molecule has 0 aliphatic carbocycles. The van der Waals surface area contributed by atoms with Gasteiger partial charge in [-0.05, 0) is 44.2 Å². The van der Waals surface area contributed by atoms with E-state index in [1.807, 2.05) is 23.7 Å². The quantitative estimate of drug-likeness (QED) is 0.536. The number of aromatic nitrogens is 2. The van der Waals surface area contributed by atoms with Crippen LogP contribution in [0.3, 0.4) is 0 Å². The van der Waals surface area contributed by atoms with E-state index in [1.165, 1.54) is 17.2 Å². The first-order valence-electron chi connectivity index (χ1n) is 9.23. The fourth-order valence-electron chi connectivity index (χ4n) is 3.67. The van der Waals surface area contributed by atoms with Gasteiger partial charge in [0.25, 0.3) is 5.69 Å². The summed E-state index contributed by atoms with van der Waals surface area (Å²) < 4.78 is 1.85. The molecule has 0 unspecified atom stereocenters. The van der Waals surface area contributed by atoms with E-state index in [1.54, 1.807) is 12.1 Å². The zero-order valence-corrected chi connectivity index (χ0v) is 15.5. The van der Waals surface area contributed by atoms with Gasteiger partial charge in [0, 0.05) is 29.8 Å². The van der Waals surface area contributed by atoms with E-state index in [-0.39, 0.29) is 10.6 Å². The number of hydrogen-bond donors (Lipinski definition) is 1. The van der Waals surface area contributed by atoms with Crippen LogP contribution in [-0.2, 0) is 6.42 Å². The zero-order chi connectivity index (χ0) is 19.0. The zero-order valence-electron chi connectivity index (χ0n) is 15.5. The fraction of sp³-hybridized carbons (Fsp3) is 0.286. The van der Waals surface area contributed by atoms with Gasteiger partial charge in [0.1, 0.15) is 5.82 Å². The number of aryl methyl sites for hydroxylation is 2. The lowest BCUT2D eigenvalue weighted by Crippen LogP contribution is -2.08. The first-order valence-corrected chi connectivity index (χ1v) is 9.23. The summed E-state index contributed by atoms with van der Waals surface area (Å²) in [7, 11) is 0. The van der Waals surface area contributed by atoms with Gasteiger partial charge in [0.2, 0.25) is 0 Å². The van der Waals surface area contributed by atoms with Crippen molar-refractivity contribution in [3.8, 4) is 16.9 Å². The van der Waals surface area contributed by atoms with Crippen molar-refractivity contribution in [3.05, 3.63) is 69.3 Å². The predicted molar refractivity (Wildman–Crippen MR) is 107 cm³/mol. The number of nitro benzene ring substituents is 1. The molecule has 1 aliphatic heterocycles. The second kappa shape index (κ2) is 6.87. The minimum atomic E-state index is -0.360. The van der Waals surface area contributed by atoms with Crippen molar-refractivity contribution in [3.63, 3.8) is 0 Å². The number of benzene rings is 2. The highest BCUT2D eigenvalue weighted by molar-refractivity contribution is 5.74. The standard InChI is InChI=1S/C21H22N4O2/c1-14-7-3-4-8-17(14)20-18-9-5-6-12-22-21(18)24(23-20)19-13-16(25(26)27)11-10-15(19)2/h3-4,7-8,10-11,13,22H,5-6,9,12H2,1-2H3. The second-order valence-corrected chi connectivity index (χ2v) is 7.01. The van der Waals surface area contributed by atoms with Crippen LogP contribution in [0.25, 0.3) is 16.9 Å². The Morgan fingerprint density at radius 3 is 2.70 bits per heavy atom. The average Bonchev–Trinajstić information content (AvgIpc) is 2.84. The summed E-state index contributed by atoms with van der Waals surface area (Å²) in [4.78, 5) is 10.9. The number of hydrogen-bond acceptors (Lipinski definition) is 4. The van der Waals surface area contributed by atoms with Crippen LogP contribution in [0.4, 0.5) is 11.5 Å². The maximum absolute atomic E-state index is 11.3. The van der Waals surface area contributed by atoms with E-state index in [0.29, 0.717) is 0 Å². The molecule has 0 spiro atoms. The van der Waals surface area contributed by atoms with Gasteiger partial charge < -0.3 is 5.32 Å². The van der Waals surface area contributed by atoms with E-state index in [0.717, 1.165) is 54.1 Å². The molecule has 0 amide bonds. The number of anilines is 1. The number of non-ortho nitro benzene ring substituents is 1. The van der Waals surface area contributed by atoms with Crippen molar-refractivity contribution < 1.29 is 4.92 Å². The maximum Gasteiger partial charge on any atom is 0.271 e. The van der Waals surface area contributed by atoms with Crippen molar-refractivity contribution in [1.82, 2.24) is 9.78 Å². The molecule has 2 heterocycles. The van der Waals surface area contributed by atoms with Gasteiger partial charge in [-0.15, -0.1) is 0 Å².